The maximum absolute atomic E-state index is 6.20. The number of nitrogens with zero attached hydrogens (tertiary/aromatic N) is 2. The quantitative estimate of drug-likeness (QED) is 0.335. The molecule has 29 heavy (non-hydrogen) atoms. The van der Waals surface area contributed by atoms with E-state index >= 15 is 0 Å². The average Bonchev–Trinajstić information content (AvgIpc) is 3.38. The molecule has 2 aromatic carbocycles. The van der Waals surface area contributed by atoms with E-state index in [2.05, 4.69) is 27.0 Å². The second-order valence-corrected chi connectivity index (χ2v) is 7.92. The summed E-state index contributed by atoms with van der Waals surface area (Å²) in [7, 11) is 0. The Morgan fingerprint density at radius 1 is 0.931 bits per heavy atom. The monoisotopic (exact) mass is 445 g/mol. The zero-order valence-corrected chi connectivity index (χ0v) is 17.6. The SMILES string of the molecule is Clc1cccc(Cl)c1Cc1nnc(Nc2ccc(COCc3ccsc3)cc2)o1. The van der Waals surface area contributed by atoms with Crippen molar-refractivity contribution in [3.05, 3.63) is 91.9 Å². The van der Waals surface area contributed by atoms with Crippen molar-refractivity contribution in [2.24, 2.45) is 0 Å². The lowest BCUT2D eigenvalue weighted by Crippen LogP contribution is -1.94. The number of anilines is 2. The van der Waals surface area contributed by atoms with Gasteiger partial charge in [0.1, 0.15) is 0 Å². The lowest BCUT2D eigenvalue weighted by molar-refractivity contribution is 0.107. The summed E-state index contributed by atoms with van der Waals surface area (Å²) in [4.78, 5) is 0. The molecule has 4 rings (SSSR count). The highest BCUT2D eigenvalue weighted by molar-refractivity contribution is 7.07. The number of hydrogen-bond donors (Lipinski definition) is 1. The minimum Gasteiger partial charge on any atom is -0.408 e. The summed E-state index contributed by atoms with van der Waals surface area (Å²) in [6.45, 7) is 1.17. The summed E-state index contributed by atoms with van der Waals surface area (Å²) in [6, 6.07) is 15.6. The van der Waals surface area contributed by atoms with Crippen LogP contribution in [-0.4, -0.2) is 10.2 Å². The first kappa shape index (κ1) is 19.9. The van der Waals surface area contributed by atoms with Crippen molar-refractivity contribution < 1.29 is 9.15 Å². The molecule has 1 N–H and O–H groups in total. The molecule has 2 aromatic heterocycles. The summed E-state index contributed by atoms with van der Waals surface area (Å²) >= 11 is 14.1. The summed E-state index contributed by atoms with van der Waals surface area (Å²) < 4.78 is 11.4. The minimum absolute atomic E-state index is 0.310. The number of nitrogens with one attached hydrogen (secondary N) is 1. The second kappa shape index (κ2) is 9.41. The molecule has 0 radical (unpaired) electrons. The minimum atomic E-state index is 0.310. The summed E-state index contributed by atoms with van der Waals surface area (Å²) in [5.74, 6) is 0.431. The molecule has 5 nitrogen and oxygen atoms in total. The summed E-state index contributed by atoms with van der Waals surface area (Å²) in [5.41, 5.74) is 3.89. The van der Waals surface area contributed by atoms with Crippen LogP contribution < -0.4 is 5.32 Å². The molecule has 8 heteroatoms. The smallest absolute Gasteiger partial charge is 0.320 e. The molecule has 0 amide bonds. The molecule has 0 aliphatic carbocycles. The van der Waals surface area contributed by atoms with E-state index in [0.717, 1.165) is 16.8 Å². The summed E-state index contributed by atoms with van der Waals surface area (Å²) in [6.07, 6.45) is 0.369. The Morgan fingerprint density at radius 2 is 1.69 bits per heavy atom. The van der Waals surface area contributed by atoms with Gasteiger partial charge in [0, 0.05) is 15.7 Å². The number of aromatic nitrogens is 2. The highest BCUT2D eigenvalue weighted by Gasteiger charge is 2.12. The Labute approximate surface area is 182 Å². The lowest BCUT2D eigenvalue weighted by Gasteiger charge is -2.05. The second-order valence-electron chi connectivity index (χ2n) is 6.32. The van der Waals surface area contributed by atoms with Crippen molar-refractivity contribution >= 4 is 46.2 Å². The molecule has 0 spiro atoms. The summed E-state index contributed by atoms with van der Waals surface area (Å²) in [5, 5.41) is 16.5. The van der Waals surface area contributed by atoms with Crippen molar-refractivity contribution in [3.63, 3.8) is 0 Å². The predicted molar refractivity (Wildman–Crippen MR) is 116 cm³/mol. The first-order valence-corrected chi connectivity index (χ1v) is 10.6. The number of thiophene rings is 1. The molecule has 0 saturated heterocycles. The van der Waals surface area contributed by atoms with Crippen LogP contribution in [0, 0.1) is 0 Å². The van der Waals surface area contributed by atoms with Crippen molar-refractivity contribution in [2.75, 3.05) is 5.32 Å². The molecule has 0 aliphatic heterocycles. The number of benzene rings is 2. The maximum Gasteiger partial charge on any atom is 0.320 e. The Bertz CT molecular complexity index is 1050. The Kier molecular flexibility index (Phi) is 6.46. The molecule has 0 bridgehead atoms. The van der Waals surface area contributed by atoms with E-state index in [-0.39, 0.29) is 0 Å². The van der Waals surface area contributed by atoms with E-state index in [9.17, 15) is 0 Å². The van der Waals surface area contributed by atoms with E-state index in [1.54, 1.807) is 29.5 Å². The van der Waals surface area contributed by atoms with Gasteiger partial charge >= 0.3 is 6.01 Å². The van der Waals surface area contributed by atoms with Crippen molar-refractivity contribution in [1.82, 2.24) is 10.2 Å². The van der Waals surface area contributed by atoms with Crippen LogP contribution in [0.2, 0.25) is 10.0 Å². The van der Waals surface area contributed by atoms with E-state index < -0.39 is 0 Å². The fourth-order valence-corrected chi connectivity index (χ4v) is 3.88. The lowest BCUT2D eigenvalue weighted by atomic mass is 10.1. The topological polar surface area (TPSA) is 60.2 Å². The van der Waals surface area contributed by atoms with Crippen LogP contribution in [0.25, 0.3) is 0 Å². The molecule has 0 saturated carbocycles. The van der Waals surface area contributed by atoms with E-state index in [1.807, 2.05) is 29.6 Å². The fraction of sp³-hybridized carbons (Fsp3) is 0.143. The standard InChI is InChI=1S/C21H17Cl2N3O2S/c22-18-2-1-3-19(23)17(18)10-20-25-26-21(28-20)24-16-6-4-14(5-7-16)11-27-12-15-8-9-29-13-15/h1-9,13H,10-12H2,(H,24,26). The molecule has 2 heterocycles. The first-order valence-electron chi connectivity index (χ1n) is 8.87. The van der Waals surface area contributed by atoms with E-state index in [4.69, 9.17) is 32.4 Å². The van der Waals surface area contributed by atoms with Gasteiger partial charge in [-0.1, -0.05) is 46.5 Å². The van der Waals surface area contributed by atoms with E-state index in [0.29, 0.717) is 41.6 Å². The molecular formula is C21H17Cl2N3O2S. The van der Waals surface area contributed by atoms with Gasteiger partial charge in [0.05, 0.1) is 19.6 Å². The van der Waals surface area contributed by atoms with Gasteiger partial charge in [-0.25, -0.2) is 0 Å². The largest absolute Gasteiger partial charge is 0.408 e. The Morgan fingerprint density at radius 3 is 2.41 bits per heavy atom. The van der Waals surface area contributed by atoms with Gasteiger partial charge in [-0.2, -0.15) is 11.3 Å². The highest BCUT2D eigenvalue weighted by atomic mass is 35.5. The van der Waals surface area contributed by atoms with Crippen LogP contribution >= 0.6 is 34.5 Å². The third-order valence-corrected chi connectivity index (χ3v) is 5.62. The predicted octanol–water partition coefficient (Wildman–Crippen LogP) is 6.49. The van der Waals surface area contributed by atoms with Gasteiger partial charge in [-0.05, 0) is 57.8 Å². The number of hydrogen-bond acceptors (Lipinski definition) is 6. The van der Waals surface area contributed by atoms with Crippen molar-refractivity contribution in [3.8, 4) is 0 Å². The Hall–Kier alpha value is -2.38. The molecule has 148 valence electrons. The highest BCUT2D eigenvalue weighted by Crippen LogP contribution is 2.27. The molecule has 0 atom stereocenters. The third-order valence-electron chi connectivity index (χ3n) is 4.18. The van der Waals surface area contributed by atoms with Crippen LogP contribution in [0.5, 0.6) is 0 Å². The normalized spacial score (nSPS) is 11.0. The number of halogens is 2. The van der Waals surface area contributed by atoms with Crippen LogP contribution in [0.15, 0.2) is 63.7 Å². The van der Waals surface area contributed by atoms with Crippen molar-refractivity contribution in [2.45, 2.75) is 19.6 Å². The van der Waals surface area contributed by atoms with Gasteiger partial charge in [0.2, 0.25) is 5.89 Å². The van der Waals surface area contributed by atoms with Crippen molar-refractivity contribution in [1.29, 1.82) is 0 Å². The fourth-order valence-electron chi connectivity index (χ4n) is 2.70. The number of rotatable bonds is 8. The molecule has 4 aromatic rings. The maximum atomic E-state index is 6.20. The molecule has 0 aliphatic rings. The van der Waals surface area contributed by atoms with Gasteiger partial charge in [0.25, 0.3) is 0 Å². The van der Waals surface area contributed by atoms with Gasteiger partial charge < -0.3 is 14.5 Å². The molecular weight excluding hydrogens is 429 g/mol. The molecule has 0 unspecified atom stereocenters. The first-order chi connectivity index (χ1) is 14.2. The van der Waals surface area contributed by atoms with E-state index in [1.165, 1.54) is 5.56 Å². The average molecular weight is 446 g/mol. The zero-order chi connectivity index (χ0) is 20.1. The van der Waals surface area contributed by atoms with Crippen LogP contribution in [0.4, 0.5) is 11.7 Å². The van der Waals surface area contributed by atoms with Crippen LogP contribution in [-0.2, 0) is 24.4 Å². The van der Waals surface area contributed by atoms with Gasteiger partial charge in [0.15, 0.2) is 0 Å². The molecule has 0 fully saturated rings. The van der Waals surface area contributed by atoms with Crippen LogP contribution in [0.3, 0.4) is 0 Å². The van der Waals surface area contributed by atoms with Gasteiger partial charge in [-0.3, -0.25) is 0 Å². The zero-order valence-electron chi connectivity index (χ0n) is 15.3. The Balaban J connectivity index is 1.32. The van der Waals surface area contributed by atoms with Crippen LogP contribution in [0.1, 0.15) is 22.6 Å². The van der Waals surface area contributed by atoms with Gasteiger partial charge in [-0.15, -0.1) is 5.10 Å². The number of ether oxygens (including phenoxy) is 1. The third kappa shape index (κ3) is 5.36.